The monoisotopic (exact) mass is 330 g/mol. The summed E-state index contributed by atoms with van der Waals surface area (Å²) < 4.78 is 10.7. The van der Waals surface area contributed by atoms with E-state index in [4.69, 9.17) is 20.8 Å². The highest BCUT2D eigenvalue weighted by molar-refractivity contribution is 6.31. The van der Waals surface area contributed by atoms with Gasteiger partial charge >= 0.3 is 5.97 Å². The van der Waals surface area contributed by atoms with Crippen LogP contribution in [-0.4, -0.2) is 24.6 Å². The summed E-state index contributed by atoms with van der Waals surface area (Å²) in [6.07, 6.45) is 2.34. The van der Waals surface area contributed by atoms with Crippen molar-refractivity contribution in [2.45, 2.75) is 12.0 Å². The van der Waals surface area contributed by atoms with E-state index in [0.717, 1.165) is 28.6 Å². The lowest BCUT2D eigenvalue weighted by Gasteiger charge is -2.34. The highest BCUT2D eigenvalue weighted by atomic mass is 35.5. The zero-order valence-electron chi connectivity index (χ0n) is 12.5. The van der Waals surface area contributed by atoms with Crippen LogP contribution < -0.4 is 5.32 Å². The lowest BCUT2D eigenvalue weighted by molar-refractivity contribution is -0.148. The Balaban J connectivity index is 2.05. The summed E-state index contributed by atoms with van der Waals surface area (Å²) in [6.45, 7) is 0.627. The Morgan fingerprint density at radius 3 is 3.00 bits per heavy atom. The predicted molar refractivity (Wildman–Crippen MR) is 86.5 cm³/mol. The molecule has 3 heterocycles. The van der Waals surface area contributed by atoms with Crippen LogP contribution in [-0.2, 0) is 21.5 Å². The Morgan fingerprint density at radius 1 is 1.39 bits per heavy atom. The number of nitrogens with one attached hydrogen (secondary N) is 2. The van der Waals surface area contributed by atoms with Gasteiger partial charge in [0.1, 0.15) is 5.76 Å². The maximum atomic E-state index is 12.7. The van der Waals surface area contributed by atoms with Gasteiger partial charge in [-0.2, -0.15) is 0 Å². The molecule has 1 unspecified atom stereocenters. The number of esters is 1. The van der Waals surface area contributed by atoms with Gasteiger partial charge < -0.3 is 14.1 Å². The van der Waals surface area contributed by atoms with Gasteiger partial charge in [-0.1, -0.05) is 11.6 Å². The van der Waals surface area contributed by atoms with E-state index in [2.05, 4.69) is 10.3 Å². The molecule has 2 aromatic heterocycles. The van der Waals surface area contributed by atoms with Gasteiger partial charge in [-0.05, 0) is 42.3 Å². The lowest BCUT2D eigenvalue weighted by atomic mass is 9.84. The molecule has 0 amide bonds. The number of ether oxygens (including phenoxy) is 1. The molecule has 23 heavy (non-hydrogen) atoms. The van der Waals surface area contributed by atoms with Gasteiger partial charge in [-0.3, -0.25) is 5.32 Å². The van der Waals surface area contributed by atoms with Crippen LogP contribution in [0.5, 0.6) is 0 Å². The topological polar surface area (TPSA) is 67.3 Å². The fraction of sp³-hybridized carbons (Fsp3) is 0.235. The molecule has 118 valence electrons. The largest absolute Gasteiger partial charge is 0.467 e. The second kappa shape index (κ2) is 5.15. The average molecular weight is 331 g/mol. The Bertz CT molecular complexity index is 885. The van der Waals surface area contributed by atoms with Gasteiger partial charge in [-0.25, -0.2) is 4.79 Å². The predicted octanol–water partition coefficient (Wildman–Crippen LogP) is 2.98. The van der Waals surface area contributed by atoms with Crippen molar-refractivity contribution < 1.29 is 13.9 Å². The molecule has 1 aromatic carbocycles. The van der Waals surface area contributed by atoms with E-state index in [1.165, 1.54) is 7.11 Å². The maximum absolute atomic E-state index is 12.7. The lowest BCUT2D eigenvalue weighted by Crippen LogP contribution is -2.54. The molecule has 0 radical (unpaired) electrons. The minimum atomic E-state index is -1.17. The molecule has 0 bridgehead atoms. The van der Waals surface area contributed by atoms with Crippen LogP contribution in [0.4, 0.5) is 0 Å². The molecule has 0 aliphatic carbocycles. The number of halogens is 1. The number of furan rings is 1. The molecule has 3 aromatic rings. The number of carbonyl (C=O) groups excluding carboxylic acids is 1. The normalized spacial score (nSPS) is 20.4. The Morgan fingerprint density at radius 2 is 2.26 bits per heavy atom. The zero-order valence-corrected chi connectivity index (χ0v) is 13.2. The van der Waals surface area contributed by atoms with E-state index in [9.17, 15) is 4.79 Å². The van der Waals surface area contributed by atoms with Crippen LogP contribution in [0.2, 0.25) is 5.02 Å². The number of aromatic nitrogens is 1. The summed E-state index contributed by atoms with van der Waals surface area (Å²) in [7, 11) is 1.38. The third-order valence-corrected chi connectivity index (χ3v) is 4.63. The van der Waals surface area contributed by atoms with Crippen molar-refractivity contribution in [3.63, 3.8) is 0 Å². The Labute approximate surface area is 137 Å². The number of fused-ring (bicyclic) bond motifs is 3. The van der Waals surface area contributed by atoms with Gasteiger partial charge in [0.05, 0.1) is 19.1 Å². The molecule has 0 saturated carbocycles. The third kappa shape index (κ3) is 1.93. The van der Waals surface area contributed by atoms with Crippen molar-refractivity contribution in [2.75, 3.05) is 13.7 Å². The van der Waals surface area contributed by atoms with E-state index >= 15 is 0 Å². The van der Waals surface area contributed by atoms with Crippen molar-refractivity contribution in [1.82, 2.24) is 10.3 Å². The third-order valence-electron chi connectivity index (χ3n) is 4.39. The van der Waals surface area contributed by atoms with Crippen molar-refractivity contribution in [3.8, 4) is 0 Å². The number of aromatic amines is 1. The quantitative estimate of drug-likeness (QED) is 0.709. The first-order chi connectivity index (χ1) is 11.2. The molecule has 1 atom stereocenters. The summed E-state index contributed by atoms with van der Waals surface area (Å²) >= 11 is 6.14. The number of hydrogen-bond donors (Lipinski definition) is 2. The maximum Gasteiger partial charge on any atom is 0.340 e. The van der Waals surface area contributed by atoms with E-state index < -0.39 is 11.5 Å². The number of hydrogen-bond acceptors (Lipinski definition) is 4. The van der Waals surface area contributed by atoms with E-state index in [1.54, 1.807) is 18.4 Å². The molecule has 1 aliphatic rings. The first-order valence-corrected chi connectivity index (χ1v) is 7.72. The molecule has 4 rings (SSSR count). The summed E-state index contributed by atoms with van der Waals surface area (Å²) in [5, 5.41) is 4.97. The van der Waals surface area contributed by atoms with Crippen LogP contribution in [0.15, 0.2) is 41.0 Å². The summed E-state index contributed by atoms with van der Waals surface area (Å²) in [6, 6.07) is 9.20. The van der Waals surface area contributed by atoms with Crippen LogP contribution in [0, 0.1) is 0 Å². The molecule has 0 spiro atoms. The second-order valence-corrected chi connectivity index (χ2v) is 6.00. The molecular formula is C17H15ClN2O3. The van der Waals surface area contributed by atoms with Gasteiger partial charge in [-0.15, -0.1) is 0 Å². The summed E-state index contributed by atoms with van der Waals surface area (Å²) in [5.41, 5.74) is 1.57. The number of carbonyl (C=O) groups is 1. The van der Waals surface area contributed by atoms with E-state index in [1.807, 2.05) is 18.2 Å². The summed E-state index contributed by atoms with van der Waals surface area (Å²) in [5.74, 6) is 0.0917. The highest BCUT2D eigenvalue weighted by Crippen LogP contribution is 2.39. The number of benzene rings is 1. The fourth-order valence-electron chi connectivity index (χ4n) is 3.39. The van der Waals surface area contributed by atoms with Crippen LogP contribution >= 0.6 is 11.6 Å². The fourth-order valence-corrected chi connectivity index (χ4v) is 3.57. The molecule has 0 fully saturated rings. The smallest absolute Gasteiger partial charge is 0.340 e. The minimum Gasteiger partial charge on any atom is -0.467 e. The van der Waals surface area contributed by atoms with Crippen molar-refractivity contribution in [3.05, 3.63) is 58.6 Å². The molecule has 2 N–H and O–H groups in total. The van der Waals surface area contributed by atoms with Crippen LogP contribution in [0.25, 0.3) is 10.9 Å². The first-order valence-electron chi connectivity index (χ1n) is 7.35. The van der Waals surface area contributed by atoms with Crippen molar-refractivity contribution in [2.24, 2.45) is 0 Å². The SMILES string of the molecule is COC(=O)C1(c2ccco2)NCCc2c1[nH]c1ccc(Cl)cc21. The second-order valence-electron chi connectivity index (χ2n) is 5.56. The van der Waals surface area contributed by atoms with Gasteiger partial charge in [0, 0.05) is 22.5 Å². The Kier molecular flexibility index (Phi) is 3.21. The first kappa shape index (κ1) is 14.4. The van der Waals surface area contributed by atoms with E-state index in [0.29, 0.717) is 17.3 Å². The molecule has 6 heteroatoms. The highest BCUT2D eigenvalue weighted by Gasteiger charge is 2.50. The molecule has 5 nitrogen and oxygen atoms in total. The molecular weight excluding hydrogens is 316 g/mol. The van der Waals surface area contributed by atoms with Gasteiger partial charge in [0.2, 0.25) is 5.54 Å². The average Bonchev–Trinajstić information content (AvgIpc) is 3.21. The Hall–Kier alpha value is -2.24. The number of methoxy groups -OCH3 is 1. The van der Waals surface area contributed by atoms with Crippen LogP contribution in [0.1, 0.15) is 17.0 Å². The standard InChI is InChI=1S/C17H15ClN2O3/c1-22-16(21)17(14-3-2-8-23-14)15-11(6-7-19-17)12-9-10(18)4-5-13(12)20-15/h2-5,8-9,19-20H,6-7H2,1H3. The van der Waals surface area contributed by atoms with Gasteiger partial charge in [0.25, 0.3) is 0 Å². The van der Waals surface area contributed by atoms with Crippen LogP contribution in [0.3, 0.4) is 0 Å². The zero-order chi connectivity index (χ0) is 16.0. The van der Waals surface area contributed by atoms with Crippen molar-refractivity contribution >= 4 is 28.5 Å². The number of rotatable bonds is 2. The summed E-state index contributed by atoms with van der Waals surface area (Å²) in [4.78, 5) is 16.1. The van der Waals surface area contributed by atoms with E-state index in [-0.39, 0.29) is 0 Å². The minimum absolute atomic E-state index is 0.411. The number of H-pyrrole nitrogens is 1. The molecule has 0 saturated heterocycles. The molecule has 1 aliphatic heterocycles. The van der Waals surface area contributed by atoms with Crippen molar-refractivity contribution in [1.29, 1.82) is 0 Å². The van der Waals surface area contributed by atoms with Gasteiger partial charge in [0.15, 0.2) is 0 Å².